The summed E-state index contributed by atoms with van der Waals surface area (Å²) in [5, 5.41) is 10.7. The van der Waals surface area contributed by atoms with Gasteiger partial charge in [0.15, 0.2) is 23.1 Å². The number of nitrogens with one attached hydrogen (secondary N) is 1. The zero-order valence-corrected chi connectivity index (χ0v) is 28.2. The van der Waals surface area contributed by atoms with E-state index in [0.717, 1.165) is 6.20 Å². The molecular weight excluding hydrogens is 710 g/mol. The van der Waals surface area contributed by atoms with Crippen LogP contribution >= 0.6 is 7.82 Å². The first-order valence-electron chi connectivity index (χ1n) is 15.6. The average molecular weight is 741 g/mol. The van der Waals surface area contributed by atoms with Crippen molar-refractivity contribution in [2.45, 2.75) is 38.5 Å². The summed E-state index contributed by atoms with van der Waals surface area (Å²) in [5.41, 5.74) is -1.18. The summed E-state index contributed by atoms with van der Waals surface area (Å²) in [6, 6.07) is 25.7. The lowest BCUT2D eigenvalue weighted by atomic mass is 10.1. The van der Waals surface area contributed by atoms with Gasteiger partial charge >= 0.3 is 14.0 Å². The highest BCUT2D eigenvalue weighted by Gasteiger charge is 2.57. The van der Waals surface area contributed by atoms with E-state index in [9.17, 15) is 22.1 Å². The fourth-order valence-corrected chi connectivity index (χ4v) is 6.28. The van der Waals surface area contributed by atoms with Crippen molar-refractivity contribution < 1.29 is 44.6 Å². The Bertz CT molecular complexity index is 2090. The minimum atomic E-state index is -5.17. The number of alkyl halides is 3. The third-order valence-corrected chi connectivity index (χ3v) is 9.22. The molecule has 1 atom stereocenters. The summed E-state index contributed by atoms with van der Waals surface area (Å²) >= 11 is 0. The van der Waals surface area contributed by atoms with Crippen LogP contribution in [0.3, 0.4) is 0 Å². The highest BCUT2D eigenvalue weighted by molar-refractivity contribution is 7.48. The molecule has 11 nitrogen and oxygen atoms in total. The summed E-state index contributed by atoms with van der Waals surface area (Å²) in [7, 11) is -4.96. The monoisotopic (exact) mass is 740 g/mol. The smallest absolute Gasteiger partial charge is 0.364 e. The second kappa shape index (κ2) is 15.5. The van der Waals surface area contributed by atoms with E-state index in [2.05, 4.69) is 25.5 Å². The number of aromatic nitrogens is 5. The van der Waals surface area contributed by atoms with Crippen molar-refractivity contribution in [1.82, 2.24) is 24.9 Å². The lowest BCUT2D eigenvalue weighted by Gasteiger charge is -2.34. The molecule has 3 aromatic heterocycles. The Kier molecular flexibility index (Phi) is 10.9. The molecule has 52 heavy (non-hydrogen) atoms. The van der Waals surface area contributed by atoms with E-state index in [4.69, 9.17) is 18.1 Å². The molecule has 3 aromatic carbocycles. The number of halogens is 5. The highest BCUT2D eigenvalue weighted by atomic mass is 31.2. The van der Waals surface area contributed by atoms with Gasteiger partial charge in [0.25, 0.3) is 0 Å². The summed E-state index contributed by atoms with van der Waals surface area (Å²) in [5.74, 6) is -2.40. The van der Waals surface area contributed by atoms with Crippen LogP contribution in [0.1, 0.15) is 23.6 Å². The van der Waals surface area contributed by atoms with E-state index in [-0.39, 0.29) is 18.1 Å². The van der Waals surface area contributed by atoms with E-state index >= 15 is 4.39 Å². The van der Waals surface area contributed by atoms with Crippen molar-refractivity contribution in [2.75, 3.05) is 11.9 Å². The first-order valence-corrected chi connectivity index (χ1v) is 17.1. The van der Waals surface area contributed by atoms with Gasteiger partial charge < -0.3 is 9.84 Å². The number of hydrogen-bond donors (Lipinski definition) is 1. The standard InChI is InChI=1S/C35H30F5N6O5P/c1-34(35(38,39)40,51-52(47,49-21-24-10-4-2-5-11-24)50-22-25-12-6-3-7-13-25)23-42-32-28(37)19-41-33(43-32)30-18-31(29-16-17-48-45-29)46(44-30)20-26-14-8-9-15-27(26)36/h2-19H,20-23H2,1H3,(H,41,42,43). The van der Waals surface area contributed by atoms with Gasteiger partial charge in [0.1, 0.15) is 23.5 Å². The zero-order valence-electron chi connectivity index (χ0n) is 27.3. The van der Waals surface area contributed by atoms with E-state index < -0.39 is 56.8 Å². The van der Waals surface area contributed by atoms with Crippen LogP contribution in [0.2, 0.25) is 0 Å². The number of phosphoric acid groups is 1. The number of phosphoric ester groups is 1. The molecule has 0 aliphatic heterocycles. The Labute approximate surface area is 294 Å². The van der Waals surface area contributed by atoms with Gasteiger partial charge in [-0.15, -0.1) is 0 Å². The molecule has 0 bridgehead atoms. The highest BCUT2D eigenvalue weighted by Crippen LogP contribution is 2.56. The molecule has 0 spiro atoms. The van der Waals surface area contributed by atoms with E-state index in [1.165, 1.54) is 29.1 Å². The Morgan fingerprint density at radius 1 is 0.846 bits per heavy atom. The maximum atomic E-state index is 15.0. The van der Waals surface area contributed by atoms with Gasteiger partial charge in [-0.1, -0.05) is 84.0 Å². The van der Waals surface area contributed by atoms with Crippen LogP contribution in [-0.4, -0.2) is 43.2 Å². The molecule has 0 radical (unpaired) electrons. The topological polar surface area (TPSA) is 126 Å². The molecular formula is C35H30F5N6O5P. The third-order valence-electron chi connectivity index (χ3n) is 7.70. The van der Waals surface area contributed by atoms with Gasteiger partial charge in [-0.05, 0) is 30.2 Å². The molecule has 17 heteroatoms. The normalized spacial score (nSPS) is 13.2. The van der Waals surface area contributed by atoms with Crippen LogP contribution in [0.25, 0.3) is 22.9 Å². The van der Waals surface area contributed by atoms with Crippen LogP contribution in [0.15, 0.2) is 114 Å². The number of anilines is 1. The van der Waals surface area contributed by atoms with Crippen LogP contribution in [0, 0.1) is 11.6 Å². The van der Waals surface area contributed by atoms with Crippen LogP contribution in [-0.2, 0) is 37.9 Å². The Morgan fingerprint density at radius 3 is 2.08 bits per heavy atom. The van der Waals surface area contributed by atoms with Crippen LogP contribution in [0.5, 0.6) is 0 Å². The lowest BCUT2D eigenvalue weighted by molar-refractivity contribution is -0.242. The molecule has 6 rings (SSSR count). The molecule has 1 N–H and O–H groups in total. The largest absolute Gasteiger partial charge is 0.476 e. The molecule has 3 heterocycles. The predicted octanol–water partition coefficient (Wildman–Crippen LogP) is 8.61. The molecule has 0 amide bonds. The molecule has 0 aliphatic carbocycles. The minimum Gasteiger partial charge on any atom is -0.364 e. The minimum absolute atomic E-state index is 0.0405. The Hall–Kier alpha value is -5.28. The zero-order chi connectivity index (χ0) is 36.8. The second-order valence-corrected chi connectivity index (χ2v) is 13.2. The number of nitrogens with zero attached hydrogens (tertiary/aromatic N) is 5. The number of hydrogen-bond acceptors (Lipinski definition) is 10. The van der Waals surface area contributed by atoms with E-state index in [1.807, 2.05) is 0 Å². The predicted molar refractivity (Wildman–Crippen MR) is 178 cm³/mol. The maximum absolute atomic E-state index is 15.0. The van der Waals surface area contributed by atoms with Gasteiger partial charge in [-0.3, -0.25) is 18.3 Å². The van der Waals surface area contributed by atoms with Crippen LogP contribution < -0.4 is 5.32 Å². The van der Waals surface area contributed by atoms with Gasteiger partial charge in [0.05, 0.1) is 38.2 Å². The molecule has 1 unspecified atom stereocenters. The summed E-state index contributed by atoms with van der Waals surface area (Å²) in [6.45, 7) is -1.38. The maximum Gasteiger partial charge on any atom is 0.476 e. The van der Waals surface area contributed by atoms with Crippen molar-refractivity contribution in [3.05, 3.63) is 138 Å². The van der Waals surface area contributed by atoms with Gasteiger partial charge in [0.2, 0.25) is 0 Å². The Balaban J connectivity index is 1.26. The second-order valence-electron chi connectivity index (χ2n) is 11.6. The summed E-state index contributed by atoms with van der Waals surface area (Å²) in [6.07, 6.45) is -3.10. The fourth-order valence-electron chi connectivity index (χ4n) is 4.83. The molecule has 0 fully saturated rings. The fraction of sp³-hybridized carbons (Fsp3) is 0.200. The molecule has 6 aromatic rings. The third kappa shape index (κ3) is 8.77. The van der Waals surface area contributed by atoms with Gasteiger partial charge in [-0.25, -0.2) is 23.3 Å². The molecule has 0 aliphatic rings. The molecule has 0 saturated heterocycles. The average Bonchev–Trinajstić information content (AvgIpc) is 3.82. The SMILES string of the molecule is CC(CNc1nc(-c2cc(-c3ccon3)n(Cc3ccccc3F)n2)ncc1F)(OP(=O)(OCc1ccccc1)OCc1ccccc1)C(F)(F)F. The lowest BCUT2D eigenvalue weighted by Crippen LogP contribution is -2.50. The quantitative estimate of drug-likeness (QED) is 0.0808. The number of rotatable bonds is 15. The van der Waals surface area contributed by atoms with E-state index in [1.54, 1.807) is 78.9 Å². The Morgan fingerprint density at radius 2 is 1.48 bits per heavy atom. The van der Waals surface area contributed by atoms with Crippen molar-refractivity contribution in [1.29, 1.82) is 0 Å². The first-order chi connectivity index (χ1) is 24.9. The summed E-state index contributed by atoms with van der Waals surface area (Å²) in [4.78, 5) is 8.06. The van der Waals surface area contributed by atoms with Crippen molar-refractivity contribution in [2.24, 2.45) is 0 Å². The van der Waals surface area contributed by atoms with Crippen molar-refractivity contribution in [3.8, 4) is 22.9 Å². The molecule has 0 saturated carbocycles. The van der Waals surface area contributed by atoms with Crippen molar-refractivity contribution >= 4 is 13.6 Å². The summed E-state index contributed by atoms with van der Waals surface area (Å²) < 4.78 is 110. The van der Waals surface area contributed by atoms with Crippen LogP contribution in [0.4, 0.5) is 27.8 Å². The van der Waals surface area contributed by atoms with Crippen molar-refractivity contribution in [3.63, 3.8) is 0 Å². The van der Waals surface area contributed by atoms with Gasteiger partial charge in [0, 0.05) is 11.6 Å². The number of benzene rings is 3. The van der Waals surface area contributed by atoms with Gasteiger partial charge in [-0.2, -0.15) is 18.3 Å². The molecule has 270 valence electrons. The first kappa shape index (κ1) is 36.5. The van der Waals surface area contributed by atoms with E-state index in [0.29, 0.717) is 35.0 Å².